The monoisotopic (exact) mass is 396 g/mol. The second-order valence-corrected chi connectivity index (χ2v) is 8.18. The zero-order valence-electron chi connectivity index (χ0n) is 15.5. The number of benzene rings is 2. The molecule has 0 saturated heterocycles. The maximum Gasteiger partial charge on any atom is 0.164 e. The maximum atomic E-state index is 12.5. The minimum Gasteiger partial charge on any atom is -0.380 e. The van der Waals surface area contributed by atoms with Crippen LogP contribution >= 0.6 is 24.0 Å². The van der Waals surface area contributed by atoms with Crippen LogP contribution in [0.15, 0.2) is 76.0 Å². The predicted molar refractivity (Wildman–Crippen MR) is 116 cm³/mol. The molecule has 2 aromatic carbocycles. The lowest BCUT2D eigenvalue weighted by Crippen LogP contribution is -2.30. The van der Waals surface area contributed by atoms with Crippen molar-refractivity contribution in [2.24, 2.45) is 5.92 Å². The Morgan fingerprint density at radius 3 is 2.41 bits per heavy atom. The molecule has 0 amide bonds. The van der Waals surface area contributed by atoms with Gasteiger partial charge in [0.1, 0.15) is 0 Å². The SMILES string of the molecule is CCC1=C(Sc2ccccc2)C(COCCc2ccccc2)C(=S)CC1=O. The van der Waals surface area contributed by atoms with Crippen LogP contribution in [0.2, 0.25) is 0 Å². The number of rotatable bonds is 8. The first-order chi connectivity index (χ1) is 13.2. The fourth-order valence-corrected chi connectivity index (χ4v) is 4.88. The van der Waals surface area contributed by atoms with E-state index in [9.17, 15) is 4.79 Å². The van der Waals surface area contributed by atoms with Gasteiger partial charge >= 0.3 is 0 Å². The van der Waals surface area contributed by atoms with Crippen LogP contribution in [-0.4, -0.2) is 23.9 Å². The van der Waals surface area contributed by atoms with Crippen molar-refractivity contribution in [3.05, 3.63) is 76.7 Å². The molecule has 0 bridgehead atoms. The van der Waals surface area contributed by atoms with E-state index in [1.165, 1.54) is 5.56 Å². The van der Waals surface area contributed by atoms with Crippen molar-refractivity contribution < 1.29 is 9.53 Å². The highest BCUT2D eigenvalue weighted by molar-refractivity contribution is 8.03. The summed E-state index contributed by atoms with van der Waals surface area (Å²) in [6, 6.07) is 20.5. The van der Waals surface area contributed by atoms with Gasteiger partial charge in [-0.3, -0.25) is 4.79 Å². The number of hydrogen-bond donors (Lipinski definition) is 0. The topological polar surface area (TPSA) is 26.3 Å². The quantitative estimate of drug-likeness (QED) is 0.425. The van der Waals surface area contributed by atoms with Crippen LogP contribution in [0.1, 0.15) is 25.3 Å². The molecule has 0 heterocycles. The van der Waals surface area contributed by atoms with E-state index in [2.05, 4.69) is 24.3 Å². The van der Waals surface area contributed by atoms with Gasteiger partial charge in [0.25, 0.3) is 0 Å². The van der Waals surface area contributed by atoms with Gasteiger partial charge in [-0.2, -0.15) is 0 Å². The Labute approximate surface area is 171 Å². The third-order valence-electron chi connectivity index (χ3n) is 4.66. The van der Waals surface area contributed by atoms with Crippen LogP contribution in [0.4, 0.5) is 0 Å². The van der Waals surface area contributed by atoms with Crippen LogP contribution in [-0.2, 0) is 16.0 Å². The van der Waals surface area contributed by atoms with Crippen molar-refractivity contribution in [3.8, 4) is 0 Å². The van der Waals surface area contributed by atoms with Gasteiger partial charge in [-0.25, -0.2) is 0 Å². The Balaban J connectivity index is 1.70. The van der Waals surface area contributed by atoms with Crippen molar-refractivity contribution in [1.29, 1.82) is 0 Å². The number of allylic oxidation sites excluding steroid dienone is 1. The van der Waals surface area contributed by atoms with Crippen LogP contribution in [0.5, 0.6) is 0 Å². The lowest BCUT2D eigenvalue weighted by molar-refractivity contribution is -0.114. The first kappa shape index (κ1) is 20.0. The van der Waals surface area contributed by atoms with Crippen molar-refractivity contribution in [1.82, 2.24) is 0 Å². The molecule has 0 aliphatic heterocycles. The van der Waals surface area contributed by atoms with E-state index in [0.717, 1.165) is 33.1 Å². The molecule has 1 atom stereocenters. The lowest BCUT2D eigenvalue weighted by Gasteiger charge is -2.28. The number of hydrogen-bond acceptors (Lipinski definition) is 4. The minimum atomic E-state index is 0.0219. The van der Waals surface area contributed by atoms with Crippen molar-refractivity contribution in [3.63, 3.8) is 0 Å². The molecular weight excluding hydrogens is 372 g/mol. The van der Waals surface area contributed by atoms with Gasteiger partial charge in [-0.1, -0.05) is 79.4 Å². The standard InChI is InChI=1S/C23H24O2S2/c1-2-19-21(24)15-22(26)20(23(19)27-18-11-7-4-8-12-18)16-25-14-13-17-9-5-3-6-10-17/h3-12,20H,2,13-16H2,1H3. The number of thiocarbonyl (C=S) groups is 1. The second-order valence-electron chi connectivity index (χ2n) is 6.54. The van der Waals surface area contributed by atoms with E-state index in [1.54, 1.807) is 11.8 Å². The summed E-state index contributed by atoms with van der Waals surface area (Å²) in [5.74, 6) is 0.190. The average molecular weight is 397 g/mol. The first-order valence-electron chi connectivity index (χ1n) is 9.32. The minimum absolute atomic E-state index is 0.0219. The molecule has 0 spiro atoms. The summed E-state index contributed by atoms with van der Waals surface area (Å²) < 4.78 is 6.00. The first-order valence-corrected chi connectivity index (χ1v) is 10.5. The highest BCUT2D eigenvalue weighted by atomic mass is 32.2. The normalized spacial score (nSPS) is 17.4. The van der Waals surface area contributed by atoms with E-state index < -0.39 is 0 Å². The summed E-state index contributed by atoms with van der Waals surface area (Å²) in [4.78, 5) is 15.5. The molecule has 1 unspecified atom stereocenters. The fourth-order valence-electron chi connectivity index (χ4n) is 3.21. The summed E-state index contributed by atoms with van der Waals surface area (Å²) >= 11 is 7.25. The molecule has 1 aliphatic carbocycles. The van der Waals surface area contributed by atoms with Crippen molar-refractivity contribution in [2.75, 3.05) is 13.2 Å². The molecule has 0 aromatic heterocycles. The largest absolute Gasteiger partial charge is 0.380 e. The highest BCUT2D eigenvalue weighted by Crippen LogP contribution is 2.40. The number of carbonyl (C=O) groups excluding carboxylic acids is 1. The van der Waals surface area contributed by atoms with Gasteiger partial charge in [0.05, 0.1) is 13.2 Å². The molecule has 0 saturated carbocycles. The molecule has 1 aliphatic rings. The fraction of sp³-hybridized carbons (Fsp3) is 0.304. The van der Waals surface area contributed by atoms with Crippen LogP contribution in [0.25, 0.3) is 0 Å². The van der Waals surface area contributed by atoms with E-state index in [-0.39, 0.29) is 11.7 Å². The molecule has 4 heteroatoms. The predicted octanol–water partition coefficient (Wildman–Crippen LogP) is 5.66. The van der Waals surface area contributed by atoms with Gasteiger partial charge in [0, 0.05) is 32.6 Å². The van der Waals surface area contributed by atoms with Gasteiger partial charge in [-0.05, 0) is 30.5 Å². The molecule has 27 heavy (non-hydrogen) atoms. The van der Waals surface area contributed by atoms with E-state index in [0.29, 0.717) is 19.6 Å². The number of Topliss-reactive ketones (excluding diaryl/α,β-unsaturated/α-hetero) is 1. The number of ether oxygens (including phenoxy) is 1. The molecule has 0 radical (unpaired) electrons. The molecule has 0 N–H and O–H groups in total. The Bertz CT molecular complexity index is 813. The third-order valence-corrected chi connectivity index (χ3v) is 6.35. The zero-order valence-corrected chi connectivity index (χ0v) is 17.2. The number of thioether (sulfide) groups is 1. The van der Waals surface area contributed by atoms with Gasteiger partial charge in [-0.15, -0.1) is 0 Å². The van der Waals surface area contributed by atoms with Gasteiger partial charge in [0.15, 0.2) is 5.78 Å². The lowest BCUT2D eigenvalue weighted by atomic mass is 9.88. The Morgan fingerprint density at radius 2 is 1.74 bits per heavy atom. The number of ketones is 1. The molecule has 0 fully saturated rings. The van der Waals surface area contributed by atoms with Crippen molar-refractivity contribution in [2.45, 2.75) is 31.1 Å². The smallest absolute Gasteiger partial charge is 0.164 e. The summed E-state index contributed by atoms with van der Waals surface area (Å²) in [5.41, 5.74) is 2.18. The van der Waals surface area contributed by atoms with Gasteiger partial charge < -0.3 is 4.74 Å². The van der Waals surface area contributed by atoms with E-state index >= 15 is 0 Å². The number of carbonyl (C=O) groups is 1. The average Bonchev–Trinajstić information content (AvgIpc) is 2.69. The summed E-state index contributed by atoms with van der Waals surface area (Å²) in [7, 11) is 0. The Morgan fingerprint density at radius 1 is 1.07 bits per heavy atom. The van der Waals surface area contributed by atoms with Crippen molar-refractivity contribution >= 4 is 34.6 Å². The van der Waals surface area contributed by atoms with Gasteiger partial charge in [0.2, 0.25) is 0 Å². The third kappa shape index (κ3) is 5.38. The molecule has 140 valence electrons. The van der Waals surface area contributed by atoms with Crippen LogP contribution in [0, 0.1) is 5.92 Å². The summed E-state index contributed by atoms with van der Waals surface area (Å²) in [6.07, 6.45) is 1.98. The molecular formula is C23H24O2S2. The van der Waals surface area contributed by atoms with E-state index in [4.69, 9.17) is 17.0 Å². The molecule has 2 aromatic rings. The molecule has 3 rings (SSSR count). The summed E-state index contributed by atoms with van der Waals surface area (Å²) in [6.45, 7) is 3.24. The second kappa shape index (κ2) is 9.98. The van der Waals surface area contributed by atoms with Crippen LogP contribution < -0.4 is 0 Å². The molecule has 2 nitrogen and oxygen atoms in total. The Hall–Kier alpha value is -1.75. The maximum absolute atomic E-state index is 12.5. The van der Waals surface area contributed by atoms with E-state index in [1.807, 2.05) is 43.3 Å². The summed E-state index contributed by atoms with van der Waals surface area (Å²) in [5, 5.41) is 0. The zero-order chi connectivity index (χ0) is 19.1. The Kier molecular flexibility index (Phi) is 7.39. The highest BCUT2D eigenvalue weighted by Gasteiger charge is 2.32. The van der Waals surface area contributed by atoms with Crippen LogP contribution in [0.3, 0.4) is 0 Å².